The lowest BCUT2D eigenvalue weighted by Crippen LogP contribution is -2.49. The molecule has 12 heteroatoms. The molecule has 41 heavy (non-hydrogen) atoms. The topological polar surface area (TPSA) is 128 Å². The number of likely N-dealkylation sites (tertiary alicyclic amines) is 1. The number of methoxy groups -OCH3 is 1. The largest absolute Gasteiger partial charge is 0.445 e. The number of rotatable bonds is 3. The van der Waals surface area contributed by atoms with Crippen LogP contribution in [0.3, 0.4) is 0 Å². The molecular formula is C29H32N8O4. The number of ether oxygens (including phenoxy) is 2. The molecule has 1 saturated heterocycles. The van der Waals surface area contributed by atoms with Crippen molar-refractivity contribution < 1.29 is 19.1 Å². The number of benzene rings is 1. The molecule has 0 spiro atoms. The Morgan fingerprint density at radius 2 is 1.85 bits per heavy atom. The second-order valence-electron chi connectivity index (χ2n) is 10.4. The van der Waals surface area contributed by atoms with Gasteiger partial charge in [0.2, 0.25) is 11.9 Å². The standard InChI is InChI=1S/C29H32N8O4/c1-18-32-23-10-11-30-25-22-9-12-31-28(34-22)33-20-13-24(27(38)35(2)15-21(40-3)16-36(18)26(23)25)37(14-20)29(39)41-17-19-7-5-4-6-8-19/h4-12,20-21,24H,13-17H2,1-3H3,(H,31,33,34)/t20?,21-,24-/m0/s1. The van der Waals surface area contributed by atoms with Crippen molar-refractivity contribution in [3.8, 4) is 11.4 Å². The first-order chi connectivity index (χ1) is 19.9. The fraction of sp³-hybridized carbons (Fsp3) is 0.379. The van der Waals surface area contributed by atoms with E-state index in [1.807, 2.05) is 49.4 Å². The van der Waals surface area contributed by atoms with E-state index in [2.05, 4.69) is 19.9 Å². The molecule has 2 aliphatic rings. The number of carbonyl (C=O) groups excluding carboxylic acids is 2. The molecule has 0 radical (unpaired) electrons. The number of likely N-dealkylation sites (N-methyl/N-ethyl adjacent to an activating group) is 1. The normalized spacial score (nSPS) is 20.9. The maximum absolute atomic E-state index is 13.8. The third kappa shape index (κ3) is 5.30. The first-order valence-corrected chi connectivity index (χ1v) is 13.6. The molecule has 1 N–H and O–H groups in total. The van der Waals surface area contributed by atoms with Gasteiger partial charge in [0.15, 0.2) is 0 Å². The summed E-state index contributed by atoms with van der Waals surface area (Å²) in [5.41, 5.74) is 3.83. The number of nitrogens with zero attached hydrogens (tertiary/aromatic N) is 7. The summed E-state index contributed by atoms with van der Waals surface area (Å²) >= 11 is 0. The summed E-state index contributed by atoms with van der Waals surface area (Å²) in [6, 6.07) is 12.2. The van der Waals surface area contributed by atoms with Gasteiger partial charge in [-0.05, 0) is 31.0 Å². The second kappa shape index (κ2) is 11.1. The smallest absolute Gasteiger partial charge is 0.410 e. The summed E-state index contributed by atoms with van der Waals surface area (Å²) < 4.78 is 13.5. The second-order valence-corrected chi connectivity index (χ2v) is 10.4. The van der Waals surface area contributed by atoms with E-state index in [-0.39, 0.29) is 31.2 Å². The average Bonchev–Trinajstić information content (AvgIpc) is 3.55. The van der Waals surface area contributed by atoms with E-state index < -0.39 is 12.1 Å². The molecular weight excluding hydrogens is 524 g/mol. The van der Waals surface area contributed by atoms with E-state index in [0.29, 0.717) is 36.8 Å². The molecule has 1 aromatic carbocycles. The fourth-order valence-electron chi connectivity index (χ4n) is 5.59. The Bertz CT molecular complexity index is 1580. The van der Waals surface area contributed by atoms with Gasteiger partial charge in [-0.3, -0.25) is 14.7 Å². The number of aromatic nitrogens is 5. The summed E-state index contributed by atoms with van der Waals surface area (Å²) in [6.45, 7) is 3.08. The van der Waals surface area contributed by atoms with Crippen LogP contribution in [0.1, 0.15) is 17.8 Å². The Hall–Kier alpha value is -4.58. The highest BCUT2D eigenvalue weighted by molar-refractivity contribution is 5.89. The Labute approximate surface area is 237 Å². The molecule has 0 saturated carbocycles. The number of aryl methyl sites for hydroxylation is 1. The SMILES string of the molecule is CO[C@H]1CN(C)C(=O)[C@@H]2CC(CN2C(=O)OCc2ccccc2)Nc2nccc(n2)-c2nccc3nc(C)n(c23)C1. The lowest BCUT2D eigenvalue weighted by Gasteiger charge is -2.29. The van der Waals surface area contributed by atoms with Crippen LogP contribution in [0, 0.1) is 6.92 Å². The Balaban J connectivity index is 1.36. The van der Waals surface area contributed by atoms with Crippen LogP contribution in [0.5, 0.6) is 0 Å². The highest BCUT2D eigenvalue weighted by Crippen LogP contribution is 2.29. The number of pyridine rings is 1. The zero-order valence-corrected chi connectivity index (χ0v) is 23.2. The number of fused-ring (bicyclic) bond motifs is 5. The Kier molecular flexibility index (Phi) is 7.23. The van der Waals surface area contributed by atoms with Crippen LogP contribution in [0.4, 0.5) is 10.7 Å². The lowest BCUT2D eigenvalue weighted by atomic mass is 10.1. The van der Waals surface area contributed by atoms with E-state index >= 15 is 0 Å². The molecule has 3 aromatic heterocycles. The molecule has 212 valence electrons. The predicted molar refractivity (Wildman–Crippen MR) is 151 cm³/mol. The van der Waals surface area contributed by atoms with E-state index in [4.69, 9.17) is 19.4 Å². The van der Waals surface area contributed by atoms with Gasteiger partial charge in [-0.15, -0.1) is 0 Å². The molecule has 5 heterocycles. The molecule has 0 aliphatic carbocycles. The lowest BCUT2D eigenvalue weighted by molar-refractivity contribution is -0.136. The monoisotopic (exact) mass is 556 g/mol. The number of nitrogens with one attached hydrogen (secondary N) is 1. The van der Waals surface area contributed by atoms with Crippen LogP contribution in [-0.2, 0) is 27.4 Å². The summed E-state index contributed by atoms with van der Waals surface area (Å²) in [5.74, 6) is 0.998. The van der Waals surface area contributed by atoms with Crippen molar-refractivity contribution in [2.75, 3.05) is 32.6 Å². The van der Waals surface area contributed by atoms with Gasteiger partial charge < -0.3 is 24.3 Å². The van der Waals surface area contributed by atoms with Crippen LogP contribution in [0.2, 0.25) is 0 Å². The highest BCUT2D eigenvalue weighted by atomic mass is 16.6. The number of amides is 2. The third-order valence-corrected chi connectivity index (χ3v) is 7.68. The van der Waals surface area contributed by atoms with Crippen LogP contribution in [0.15, 0.2) is 54.9 Å². The van der Waals surface area contributed by atoms with E-state index in [9.17, 15) is 9.59 Å². The fourth-order valence-corrected chi connectivity index (χ4v) is 5.59. The van der Waals surface area contributed by atoms with Gasteiger partial charge in [0, 0.05) is 45.7 Å². The Morgan fingerprint density at radius 3 is 2.66 bits per heavy atom. The molecule has 4 bridgehead atoms. The quantitative estimate of drug-likeness (QED) is 0.405. The number of anilines is 1. The third-order valence-electron chi connectivity index (χ3n) is 7.68. The number of imidazole rings is 1. The number of carbonyl (C=O) groups is 2. The van der Waals surface area contributed by atoms with Crippen LogP contribution >= 0.6 is 0 Å². The van der Waals surface area contributed by atoms with Crippen molar-refractivity contribution in [1.82, 2.24) is 34.3 Å². The van der Waals surface area contributed by atoms with Gasteiger partial charge in [-0.2, -0.15) is 0 Å². The van der Waals surface area contributed by atoms with E-state index in [1.165, 1.54) is 4.90 Å². The summed E-state index contributed by atoms with van der Waals surface area (Å²) in [6.07, 6.45) is 2.89. The summed E-state index contributed by atoms with van der Waals surface area (Å²) in [5, 5.41) is 3.34. The molecule has 4 aromatic rings. The van der Waals surface area contributed by atoms with Gasteiger partial charge in [0.25, 0.3) is 0 Å². The van der Waals surface area contributed by atoms with Gasteiger partial charge in [-0.1, -0.05) is 30.3 Å². The number of hydrogen-bond donors (Lipinski definition) is 1. The first kappa shape index (κ1) is 26.6. The zero-order chi connectivity index (χ0) is 28.5. The van der Waals surface area contributed by atoms with Crippen molar-refractivity contribution in [2.45, 2.75) is 44.7 Å². The molecule has 1 unspecified atom stereocenters. The minimum Gasteiger partial charge on any atom is -0.445 e. The van der Waals surface area contributed by atoms with Crippen molar-refractivity contribution >= 4 is 29.0 Å². The summed E-state index contributed by atoms with van der Waals surface area (Å²) in [4.78, 5) is 48.8. The molecule has 2 amide bonds. The minimum atomic E-state index is -0.716. The molecule has 12 nitrogen and oxygen atoms in total. The maximum atomic E-state index is 13.8. The molecule has 6 rings (SSSR count). The molecule has 1 fully saturated rings. The van der Waals surface area contributed by atoms with Gasteiger partial charge in [-0.25, -0.2) is 19.7 Å². The van der Waals surface area contributed by atoms with Gasteiger partial charge >= 0.3 is 6.09 Å². The van der Waals surface area contributed by atoms with E-state index in [1.54, 1.807) is 31.5 Å². The van der Waals surface area contributed by atoms with Crippen LogP contribution in [-0.4, -0.2) is 91.7 Å². The average molecular weight is 557 g/mol. The van der Waals surface area contributed by atoms with Crippen LogP contribution in [0.25, 0.3) is 22.4 Å². The van der Waals surface area contributed by atoms with Crippen molar-refractivity contribution in [2.24, 2.45) is 0 Å². The van der Waals surface area contributed by atoms with Crippen molar-refractivity contribution in [1.29, 1.82) is 0 Å². The molecule has 3 atom stereocenters. The maximum Gasteiger partial charge on any atom is 0.410 e. The first-order valence-electron chi connectivity index (χ1n) is 13.6. The number of hydrogen-bond acceptors (Lipinski definition) is 9. The molecule has 2 aliphatic heterocycles. The van der Waals surface area contributed by atoms with Gasteiger partial charge in [0.1, 0.15) is 24.2 Å². The minimum absolute atomic E-state index is 0.118. The summed E-state index contributed by atoms with van der Waals surface area (Å²) in [7, 11) is 3.36. The van der Waals surface area contributed by atoms with Crippen molar-refractivity contribution in [3.05, 3.63) is 66.2 Å². The Morgan fingerprint density at radius 1 is 1.05 bits per heavy atom. The van der Waals surface area contributed by atoms with Crippen molar-refractivity contribution in [3.63, 3.8) is 0 Å². The van der Waals surface area contributed by atoms with Crippen LogP contribution < -0.4 is 5.32 Å². The predicted octanol–water partition coefficient (Wildman–Crippen LogP) is 2.88. The zero-order valence-electron chi connectivity index (χ0n) is 23.2. The van der Waals surface area contributed by atoms with Gasteiger partial charge in [0.05, 0.1) is 29.4 Å². The highest BCUT2D eigenvalue weighted by Gasteiger charge is 2.42. The van der Waals surface area contributed by atoms with E-state index in [0.717, 1.165) is 22.4 Å².